The second-order valence-electron chi connectivity index (χ2n) is 5.76. The largest absolute Gasteiger partial charge is 0.366 e. The summed E-state index contributed by atoms with van der Waals surface area (Å²) in [7, 11) is 0. The number of hydrogen-bond donors (Lipinski definition) is 2. The minimum atomic E-state index is 0.0228. The second kappa shape index (κ2) is 8.07. The zero-order valence-corrected chi connectivity index (χ0v) is 14.6. The van der Waals surface area contributed by atoms with E-state index in [0.29, 0.717) is 29.6 Å². The molecule has 130 valence electrons. The summed E-state index contributed by atoms with van der Waals surface area (Å²) in [4.78, 5) is 20.8. The lowest BCUT2D eigenvalue weighted by Crippen LogP contribution is -2.05. The van der Waals surface area contributed by atoms with Gasteiger partial charge in [-0.2, -0.15) is 0 Å². The van der Waals surface area contributed by atoms with Gasteiger partial charge in [0.25, 0.3) is 0 Å². The van der Waals surface area contributed by atoms with Gasteiger partial charge in [-0.1, -0.05) is 48.5 Å². The summed E-state index contributed by atoms with van der Waals surface area (Å²) in [5, 5.41) is 6.45. The normalized spacial score (nSPS) is 10.2. The zero-order valence-electron chi connectivity index (χ0n) is 14.6. The predicted molar refractivity (Wildman–Crippen MR) is 106 cm³/mol. The molecule has 0 saturated carbocycles. The summed E-state index contributed by atoms with van der Waals surface area (Å²) >= 11 is 0. The van der Waals surface area contributed by atoms with E-state index < -0.39 is 0 Å². The topological polar surface area (TPSA) is 66.9 Å². The maximum Gasteiger partial charge on any atom is 0.163 e. The second-order valence-corrected chi connectivity index (χ2v) is 5.76. The number of ketones is 1. The number of anilines is 3. The molecule has 0 amide bonds. The average molecular weight is 344 g/mol. The van der Waals surface area contributed by atoms with Crippen LogP contribution in [0.15, 0.2) is 73.3 Å². The lowest BCUT2D eigenvalue weighted by atomic mass is 10.1. The fraction of sp³-hybridized carbons (Fsp3) is 0.0952. The van der Waals surface area contributed by atoms with Crippen LogP contribution in [0.4, 0.5) is 17.3 Å². The molecule has 0 fully saturated rings. The first kappa shape index (κ1) is 17.4. The molecule has 5 heteroatoms. The summed E-state index contributed by atoms with van der Waals surface area (Å²) in [6.07, 6.45) is 1.77. The number of hydrogen-bond acceptors (Lipinski definition) is 5. The van der Waals surface area contributed by atoms with Crippen LogP contribution in [0.3, 0.4) is 0 Å². The van der Waals surface area contributed by atoms with Crippen molar-refractivity contribution < 1.29 is 4.79 Å². The number of nitrogens with one attached hydrogen (secondary N) is 2. The Bertz CT molecular complexity index is 922. The van der Waals surface area contributed by atoms with Crippen molar-refractivity contribution in [1.29, 1.82) is 0 Å². The van der Waals surface area contributed by atoms with Gasteiger partial charge in [0.15, 0.2) is 11.6 Å². The molecule has 0 aliphatic rings. The Kier molecular flexibility index (Phi) is 5.39. The fourth-order valence-electron chi connectivity index (χ4n) is 2.46. The van der Waals surface area contributed by atoms with Crippen LogP contribution in [0.1, 0.15) is 17.3 Å². The number of rotatable bonds is 7. The first-order valence-corrected chi connectivity index (χ1v) is 8.33. The van der Waals surface area contributed by atoms with E-state index in [9.17, 15) is 4.79 Å². The molecular formula is C21H20N4O. The van der Waals surface area contributed by atoms with Crippen LogP contribution in [0.25, 0.3) is 11.4 Å². The maximum atomic E-state index is 11.6. The van der Waals surface area contributed by atoms with Crippen molar-refractivity contribution in [3.63, 3.8) is 0 Å². The van der Waals surface area contributed by atoms with Gasteiger partial charge < -0.3 is 10.6 Å². The Morgan fingerprint density at radius 1 is 1.04 bits per heavy atom. The molecule has 0 spiro atoms. The molecule has 0 aliphatic heterocycles. The Hall–Kier alpha value is -3.47. The summed E-state index contributed by atoms with van der Waals surface area (Å²) in [5.74, 6) is 1.98. The van der Waals surface area contributed by atoms with Gasteiger partial charge in [-0.15, -0.1) is 6.58 Å². The number of benzene rings is 2. The SMILES string of the molecule is C=CCNc1cc(Nc2cccc(C(C)=O)c2)nc(-c2ccccc2)n1. The third-order valence-electron chi connectivity index (χ3n) is 3.73. The van der Waals surface area contributed by atoms with E-state index in [-0.39, 0.29) is 5.78 Å². The van der Waals surface area contributed by atoms with Crippen molar-refractivity contribution in [2.24, 2.45) is 0 Å². The van der Waals surface area contributed by atoms with E-state index in [1.54, 1.807) is 19.1 Å². The first-order chi connectivity index (χ1) is 12.7. The highest BCUT2D eigenvalue weighted by Gasteiger charge is 2.08. The minimum absolute atomic E-state index is 0.0228. The van der Waals surface area contributed by atoms with Crippen molar-refractivity contribution in [3.05, 3.63) is 78.9 Å². The zero-order chi connectivity index (χ0) is 18.4. The van der Waals surface area contributed by atoms with E-state index in [1.165, 1.54) is 0 Å². The lowest BCUT2D eigenvalue weighted by molar-refractivity contribution is 0.101. The molecule has 2 N–H and O–H groups in total. The van der Waals surface area contributed by atoms with Gasteiger partial charge in [0.2, 0.25) is 0 Å². The van der Waals surface area contributed by atoms with Gasteiger partial charge in [-0.05, 0) is 19.1 Å². The van der Waals surface area contributed by atoms with Gasteiger partial charge in [-0.3, -0.25) is 4.79 Å². The summed E-state index contributed by atoms with van der Waals surface area (Å²) < 4.78 is 0. The van der Waals surface area contributed by atoms with Crippen LogP contribution in [-0.2, 0) is 0 Å². The number of carbonyl (C=O) groups excluding carboxylic acids is 1. The highest BCUT2D eigenvalue weighted by molar-refractivity contribution is 5.95. The molecular weight excluding hydrogens is 324 g/mol. The van der Waals surface area contributed by atoms with E-state index in [4.69, 9.17) is 0 Å². The minimum Gasteiger partial charge on any atom is -0.366 e. The van der Waals surface area contributed by atoms with Crippen molar-refractivity contribution >= 4 is 23.1 Å². The number of nitrogens with zero attached hydrogens (tertiary/aromatic N) is 2. The summed E-state index contributed by atoms with van der Waals surface area (Å²) in [6.45, 7) is 5.87. The van der Waals surface area contributed by atoms with E-state index in [0.717, 1.165) is 11.3 Å². The van der Waals surface area contributed by atoms with Crippen molar-refractivity contribution in [2.75, 3.05) is 17.2 Å². The van der Waals surface area contributed by atoms with Crippen LogP contribution in [-0.4, -0.2) is 22.3 Å². The smallest absolute Gasteiger partial charge is 0.163 e. The fourth-order valence-corrected chi connectivity index (χ4v) is 2.46. The molecule has 1 aromatic heterocycles. The highest BCUT2D eigenvalue weighted by Crippen LogP contribution is 2.23. The van der Waals surface area contributed by atoms with E-state index in [1.807, 2.05) is 54.6 Å². The van der Waals surface area contributed by atoms with Gasteiger partial charge in [-0.25, -0.2) is 9.97 Å². The lowest BCUT2D eigenvalue weighted by Gasteiger charge is -2.11. The Morgan fingerprint density at radius 2 is 1.81 bits per heavy atom. The first-order valence-electron chi connectivity index (χ1n) is 8.33. The molecule has 0 atom stereocenters. The van der Waals surface area contributed by atoms with Crippen molar-refractivity contribution in [3.8, 4) is 11.4 Å². The Morgan fingerprint density at radius 3 is 2.54 bits per heavy atom. The number of aromatic nitrogens is 2. The molecule has 26 heavy (non-hydrogen) atoms. The molecule has 5 nitrogen and oxygen atoms in total. The number of Topliss-reactive ketones (excluding diaryl/α,β-unsaturated/α-hetero) is 1. The molecule has 0 aliphatic carbocycles. The third-order valence-corrected chi connectivity index (χ3v) is 3.73. The van der Waals surface area contributed by atoms with Crippen molar-refractivity contribution in [2.45, 2.75) is 6.92 Å². The summed E-state index contributed by atoms with van der Waals surface area (Å²) in [6, 6.07) is 19.0. The molecule has 0 radical (unpaired) electrons. The standard InChI is InChI=1S/C21H20N4O/c1-3-12-22-19-14-20(23-18-11-7-10-17(13-18)15(2)26)25-21(24-19)16-8-5-4-6-9-16/h3-11,13-14H,1,12H2,2H3,(H2,22,23,24,25). The van der Waals surface area contributed by atoms with Gasteiger partial charge in [0.1, 0.15) is 11.6 Å². The van der Waals surface area contributed by atoms with Crippen LogP contribution >= 0.6 is 0 Å². The van der Waals surface area contributed by atoms with Crippen LogP contribution < -0.4 is 10.6 Å². The Balaban J connectivity index is 1.96. The molecule has 3 rings (SSSR count). The maximum absolute atomic E-state index is 11.6. The quantitative estimate of drug-likeness (QED) is 0.481. The third kappa shape index (κ3) is 4.33. The number of carbonyl (C=O) groups is 1. The monoisotopic (exact) mass is 344 g/mol. The average Bonchev–Trinajstić information content (AvgIpc) is 2.67. The van der Waals surface area contributed by atoms with Gasteiger partial charge in [0.05, 0.1) is 0 Å². The summed E-state index contributed by atoms with van der Waals surface area (Å²) in [5.41, 5.74) is 2.37. The van der Waals surface area contributed by atoms with E-state index >= 15 is 0 Å². The highest BCUT2D eigenvalue weighted by atomic mass is 16.1. The van der Waals surface area contributed by atoms with Gasteiger partial charge >= 0.3 is 0 Å². The van der Waals surface area contributed by atoms with E-state index in [2.05, 4.69) is 27.2 Å². The van der Waals surface area contributed by atoms with Gasteiger partial charge in [0, 0.05) is 29.4 Å². The molecule has 3 aromatic rings. The predicted octanol–water partition coefficient (Wildman–Crippen LogP) is 4.69. The molecule has 1 heterocycles. The molecule has 0 bridgehead atoms. The molecule has 0 saturated heterocycles. The molecule has 0 unspecified atom stereocenters. The Labute approximate surface area is 152 Å². The molecule has 2 aromatic carbocycles. The van der Waals surface area contributed by atoms with Crippen LogP contribution in [0.5, 0.6) is 0 Å². The van der Waals surface area contributed by atoms with Crippen molar-refractivity contribution in [1.82, 2.24) is 9.97 Å². The van der Waals surface area contributed by atoms with Crippen LogP contribution in [0.2, 0.25) is 0 Å². The van der Waals surface area contributed by atoms with Crippen LogP contribution in [0, 0.1) is 0 Å².